The lowest BCUT2D eigenvalue weighted by Crippen LogP contribution is -2.20. The third-order valence-corrected chi connectivity index (χ3v) is 6.83. The van der Waals surface area contributed by atoms with Crippen molar-refractivity contribution in [3.8, 4) is 22.8 Å². The molecule has 38 heavy (non-hydrogen) atoms. The van der Waals surface area contributed by atoms with Crippen LogP contribution in [0.15, 0.2) is 83.1 Å². The Labute approximate surface area is 232 Å². The summed E-state index contributed by atoms with van der Waals surface area (Å²) in [6.45, 7) is 9.04. The predicted octanol–water partition coefficient (Wildman–Crippen LogP) is 6.53. The molecule has 1 heterocycles. The molecule has 7 nitrogen and oxygen atoms in total. The molecule has 0 saturated carbocycles. The summed E-state index contributed by atoms with van der Waals surface area (Å²) in [5.74, 6) is 1.30. The minimum Gasteiger partial charge on any atom is -0.494 e. The van der Waals surface area contributed by atoms with Crippen molar-refractivity contribution in [3.05, 3.63) is 88.9 Å². The third kappa shape index (κ3) is 7.02. The highest BCUT2D eigenvalue weighted by Crippen LogP contribution is 2.29. The smallest absolute Gasteiger partial charge is 0.250 e. The Morgan fingerprint density at radius 1 is 1.03 bits per heavy atom. The van der Waals surface area contributed by atoms with Gasteiger partial charge in [-0.15, -0.1) is 10.2 Å². The van der Waals surface area contributed by atoms with Gasteiger partial charge in [-0.25, -0.2) is 5.43 Å². The normalized spacial score (nSPS) is 11.6. The van der Waals surface area contributed by atoms with Crippen LogP contribution in [-0.2, 0) is 10.2 Å². The van der Waals surface area contributed by atoms with Crippen molar-refractivity contribution in [2.24, 2.45) is 5.10 Å². The van der Waals surface area contributed by atoms with Crippen molar-refractivity contribution >= 4 is 35.5 Å². The second kappa shape index (κ2) is 12.3. The van der Waals surface area contributed by atoms with Crippen molar-refractivity contribution in [2.75, 3.05) is 12.4 Å². The molecule has 0 saturated heterocycles. The number of benzene rings is 3. The minimum atomic E-state index is -0.244. The molecule has 1 aromatic heterocycles. The number of rotatable bonds is 9. The van der Waals surface area contributed by atoms with E-state index in [1.807, 2.05) is 72.2 Å². The van der Waals surface area contributed by atoms with Gasteiger partial charge in [-0.3, -0.25) is 9.36 Å². The Balaban J connectivity index is 1.47. The monoisotopic (exact) mass is 547 g/mol. The van der Waals surface area contributed by atoms with E-state index in [-0.39, 0.29) is 17.1 Å². The van der Waals surface area contributed by atoms with E-state index >= 15 is 0 Å². The van der Waals surface area contributed by atoms with Crippen LogP contribution < -0.4 is 10.2 Å². The Morgan fingerprint density at radius 3 is 2.34 bits per heavy atom. The lowest BCUT2D eigenvalue weighted by Gasteiger charge is -2.18. The zero-order valence-electron chi connectivity index (χ0n) is 21.8. The van der Waals surface area contributed by atoms with E-state index in [4.69, 9.17) is 16.3 Å². The minimum absolute atomic E-state index is 0.0837. The van der Waals surface area contributed by atoms with Gasteiger partial charge >= 0.3 is 0 Å². The molecule has 0 bridgehead atoms. The van der Waals surface area contributed by atoms with Gasteiger partial charge in [0.2, 0.25) is 0 Å². The number of thioether (sulfide) groups is 1. The summed E-state index contributed by atoms with van der Waals surface area (Å²) in [7, 11) is 0. The van der Waals surface area contributed by atoms with Crippen LogP contribution in [-0.4, -0.2) is 39.2 Å². The maximum Gasteiger partial charge on any atom is 0.250 e. The van der Waals surface area contributed by atoms with Gasteiger partial charge in [-0.1, -0.05) is 68.4 Å². The van der Waals surface area contributed by atoms with Crippen LogP contribution in [0, 0.1) is 0 Å². The number of halogens is 1. The number of aromatic nitrogens is 3. The second-order valence-electron chi connectivity index (χ2n) is 9.53. The fraction of sp³-hybridized carbons (Fsp3) is 0.241. The summed E-state index contributed by atoms with van der Waals surface area (Å²) in [4.78, 5) is 12.5. The van der Waals surface area contributed by atoms with Gasteiger partial charge in [0, 0.05) is 16.3 Å². The molecule has 0 radical (unpaired) electrons. The number of ether oxygens (including phenoxy) is 1. The first-order valence-corrected chi connectivity index (χ1v) is 13.6. The zero-order valence-corrected chi connectivity index (χ0v) is 23.4. The molecule has 3 aromatic carbocycles. The van der Waals surface area contributed by atoms with E-state index in [9.17, 15) is 4.79 Å². The van der Waals surface area contributed by atoms with Crippen molar-refractivity contribution in [3.63, 3.8) is 0 Å². The van der Waals surface area contributed by atoms with Crippen LogP contribution in [0.3, 0.4) is 0 Å². The number of nitrogens with zero attached hydrogens (tertiary/aromatic N) is 4. The number of nitrogens with one attached hydrogen (secondary N) is 1. The first kappa shape index (κ1) is 27.4. The lowest BCUT2D eigenvalue weighted by atomic mass is 9.87. The van der Waals surface area contributed by atoms with Crippen LogP contribution >= 0.6 is 23.4 Å². The predicted molar refractivity (Wildman–Crippen MR) is 155 cm³/mol. The van der Waals surface area contributed by atoms with Crippen molar-refractivity contribution in [2.45, 2.75) is 38.3 Å². The topological polar surface area (TPSA) is 81.4 Å². The van der Waals surface area contributed by atoms with E-state index < -0.39 is 0 Å². The van der Waals surface area contributed by atoms with E-state index in [1.54, 1.807) is 6.21 Å². The van der Waals surface area contributed by atoms with E-state index in [0.717, 1.165) is 22.6 Å². The first-order chi connectivity index (χ1) is 18.2. The van der Waals surface area contributed by atoms with E-state index in [2.05, 4.69) is 53.6 Å². The Hall–Kier alpha value is -3.62. The molecule has 196 valence electrons. The van der Waals surface area contributed by atoms with E-state index in [0.29, 0.717) is 22.6 Å². The first-order valence-electron chi connectivity index (χ1n) is 12.2. The van der Waals surface area contributed by atoms with Gasteiger partial charge in [0.15, 0.2) is 11.0 Å². The van der Waals surface area contributed by atoms with Crippen LogP contribution in [0.2, 0.25) is 5.02 Å². The third-order valence-electron chi connectivity index (χ3n) is 5.65. The molecule has 0 aliphatic heterocycles. The number of hydrogen-bond donors (Lipinski definition) is 1. The maximum atomic E-state index is 12.5. The molecule has 4 rings (SSSR count). The number of carbonyl (C=O) groups is 1. The van der Waals surface area contributed by atoms with Crippen LogP contribution in [0.5, 0.6) is 5.75 Å². The van der Waals surface area contributed by atoms with Gasteiger partial charge in [0.05, 0.1) is 18.6 Å². The highest BCUT2D eigenvalue weighted by molar-refractivity contribution is 7.99. The number of amides is 1. The van der Waals surface area contributed by atoms with Crippen LogP contribution in [0.25, 0.3) is 17.1 Å². The molecule has 9 heteroatoms. The van der Waals surface area contributed by atoms with Gasteiger partial charge in [0.1, 0.15) is 5.75 Å². The second-order valence-corrected chi connectivity index (χ2v) is 10.9. The molecule has 0 spiro atoms. The fourth-order valence-corrected chi connectivity index (χ4v) is 4.52. The Bertz CT molecular complexity index is 1390. The van der Waals surface area contributed by atoms with Crippen LogP contribution in [0.1, 0.15) is 38.8 Å². The number of carbonyl (C=O) groups excluding carboxylic acids is 1. The highest BCUT2D eigenvalue weighted by Gasteiger charge is 2.18. The Kier molecular flexibility index (Phi) is 8.86. The molecular formula is C29H30ClN5O2S. The molecule has 0 fully saturated rings. The van der Waals surface area contributed by atoms with Gasteiger partial charge in [-0.05, 0) is 72.0 Å². The standard InChI is InChI=1S/C29H30ClN5O2S/c1-5-37-25-16-14-24(15-17-25)35-27(21-8-12-23(30)13-9-21)33-34-28(35)38-19-26(36)32-31-18-20-6-10-22(11-7-20)29(2,3)4/h6-18H,5,19H2,1-4H3,(H,32,36)/b31-18-. The Morgan fingerprint density at radius 2 is 1.71 bits per heavy atom. The molecule has 0 unspecified atom stereocenters. The number of hydrogen-bond acceptors (Lipinski definition) is 6. The number of hydrazone groups is 1. The fourth-order valence-electron chi connectivity index (χ4n) is 3.65. The largest absolute Gasteiger partial charge is 0.494 e. The average Bonchev–Trinajstić information content (AvgIpc) is 3.32. The molecule has 0 aliphatic carbocycles. The summed E-state index contributed by atoms with van der Waals surface area (Å²) < 4.78 is 7.49. The SMILES string of the molecule is CCOc1ccc(-n2c(SCC(=O)N/N=C\c3ccc(C(C)(C)C)cc3)nnc2-c2ccc(Cl)cc2)cc1. The molecule has 1 amide bonds. The zero-order chi connectivity index (χ0) is 27.1. The molecule has 0 aliphatic rings. The van der Waals surface area contributed by atoms with Crippen molar-refractivity contribution < 1.29 is 9.53 Å². The van der Waals surface area contributed by atoms with Gasteiger partial charge in [0.25, 0.3) is 5.91 Å². The summed E-state index contributed by atoms with van der Waals surface area (Å²) in [6, 6.07) is 23.2. The van der Waals surface area contributed by atoms with E-state index in [1.165, 1.54) is 17.3 Å². The summed E-state index contributed by atoms with van der Waals surface area (Å²) >= 11 is 7.36. The maximum absolute atomic E-state index is 12.5. The molecule has 1 N–H and O–H groups in total. The summed E-state index contributed by atoms with van der Waals surface area (Å²) in [6.07, 6.45) is 1.63. The van der Waals surface area contributed by atoms with Crippen LogP contribution in [0.4, 0.5) is 0 Å². The van der Waals surface area contributed by atoms with Gasteiger partial charge < -0.3 is 4.74 Å². The molecule has 0 atom stereocenters. The summed E-state index contributed by atoms with van der Waals surface area (Å²) in [5, 5.41) is 14.1. The quantitative estimate of drug-likeness (QED) is 0.146. The lowest BCUT2D eigenvalue weighted by molar-refractivity contribution is -0.118. The molecule has 4 aromatic rings. The average molecular weight is 548 g/mol. The highest BCUT2D eigenvalue weighted by atomic mass is 35.5. The van der Waals surface area contributed by atoms with Crippen molar-refractivity contribution in [1.82, 2.24) is 20.2 Å². The van der Waals surface area contributed by atoms with Gasteiger partial charge in [-0.2, -0.15) is 5.10 Å². The van der Waals surface area contributed by atoms with Crippen molar-refractivity contribution in [1.29, 1.82) is 0 Å². The summed E-state index contributed by atoms with van der Waals surface area (Å²) in [5.41, 5.74) is 6.53. The molecular weight excluding hydrogens is 518 g/mol.